The summed E-state index contributed by atoms with van der Waals surface area (Å²) >= 11 is 1.55. The van der Waals surface area contributed by atoms with Gasteiger partial charge in [0.05, 0.1) is 18.3 Å². The van der Waals surface area contributed by atoms with Gasteiger partial charge in [-0.15, -0.1) is 11.3 Å². The standard InChI is InChI=1S/C35H41N5O6S/c1-22-21-47-30(38-22)27-12-9-14-40(27)31(42)26-17-24(16-25(18-26)29-36-13-15-45-29)28(41)20-37-32(43)35(5,19-23-10-7-6-8-11-23)39-33(44)46-34(2,3)4/h6-8,10-11,13,15-18,21,27-28,41H,9,12,14,19-20H2,1-5H3,(H,37,43)(H,39,44). The van der Waals surface area contributed by atoms with Crippen LogP contribution in [0.1, 0.15) is 84.9 Å². The van der Waals surface area contributed by atoms with Gasteiger partial charge in [0.1, 0.15) is 22.4 Å². The monoisotopic (exact) mass is 659 g/mol. The summed E-state index contributed by atoms with van der Waals surface area (Å²) in [7, 11) is 0. The molecule has 3 N–H and O–H groups in total. The van der Waals surface area contributed by atoms with E-state index >= 15 is 0 Å². The molecule has 0 radical (unpaired) electrons. The number of likely N-dealkylation sites (tertiary alicyclic amines) is 1. The number of hydrogen-bond donors (Lipinski definition) is 3. The minimum Gasteiger partial charge on any atom is -0.445 e. The Balaban J connectivity index is 1.37. The highest BCUT2D eigenvalue weighted by atomic mass is 32.1. The van der Waals surface area contributed by atoms with Crippen molar-refractivity contribution in [3.8, 4) is 11.5 Å². The van der Waals surface area contributed by atoms with E-state index in [1.807, 2.05) is 47.5 Å². The lowest BCUT2D eigenvalue weighted by atomic mass is 9.91. The van der Waals surface area contributed by atoms with Crippen LogP contribution in [0, 0.1) is 6.92 Å². The van der Waals surface area contributed by atoms with Gasteiger partial charge in [-0.3, -0.25) is 9.59 Å². The number of benzene rings is 2. The van der Waals surface area contributed by atoms with Crippen molar-refractivity contribution >= 4 is 29.2 Å². The molecule has 1 aliphatic heterocycles. The van der Waals surface area contributed by atoms with Crippen molar-refractivity contribution in [3.05, 3.63) is 93.8 Å². The summed E-state index contributed by atoms with van der Waals surface area (Å²) in [6.07, 6.45) is 2.87. The minimum absolute atomic E-state index is 0.126. The van der Waals surface area contributed by atoms with Gasteiger partial charge in [-0.1, -0.05) is 30.3 Å². The van der Waals surface area contributed by atoms with Crippen molar-refractivity contribution in [2.24, 2.45) is 0 Å². The van der Waals surface area contributed by atoms with E-state index in [0.717, 1.165) is 29.1 Å². The van der Waals surface area contributed by atoms with Crippen LogP contribution in [0.25, 0.3) is 11.5 Å². The van der Waals surface area contributed by atoms with Crippen molar-refractivity contribution in [2.75, 3.05) is 13.1 Å². The van der Waals surface area contributed by atoms with Crippen molar-refractivity contribution in [1.82, 2.24) is 25.5 Å². The number of alkyl carbamates (subject to hydrolysis) is 1. The van der Waals surface area contributed by atoms with Gasteiger partial charge in [-0.25, -0.2) is 14.8 Å². The lowest BCUT2D eigenvalue weighted by Gasteiger charge is -2.31. The van der Waals surface area contributed by atoms with Gasteiger partial charge in [0.2, 0.25) is 11.8 Å². The largest absolute Gasteiger partial charge is 0.445 e. The van der Waals surface area contributed by atoms with E-state index < -0.39 is 29.2 Å². The molecule has 0 aliphatic carbocycles. The molecule has 0 saturated carbocycles. The third-order valence-electron chi connectivity index (χ3n) is 7.84. The fourth-order valence-electron chi connectivity index (χ4n) is 5.63. The Morgan fingerprint density at radius 2 is 1.91 bits per heavy atom. The second-order valence-corrected chi connectivity index (χ2v) is 13.9. The highest BCUT2D eigenvalue weighted by Crippen LogP contribution is 2.36. The first-order valence-electron chi connectivity index (χ1n) is 15.6. The molecule has 3 amide bonds. The van der Waals surface area contributed by atoms with Crippen molar-refractivity contribution in [1.29, 1.82) is 0 Å². The number of hydrogen-bond acceptors (Lipinski definition) is 9. The van der Waals surface area contributed by atoms with Crippen LogP contribution in [-0.4, -0.2) is 62.1 Å². The predicted octanol–water partition coefficient (Wildman–Crippen LogP) is 5.76. The molecule has 3 unspecified atom stereocenters. The van der Waals surface area contributed by atoms with Crippen LogP contribution in [0.4, 0.5) is 4.79 Å². The van der Waals surface area contributed by atoms with E-state index in [4.69, 9.17) is 9.15 Å². The number of thiazole rings is 1. The molecule has 1 fully saturated rings. The molecule has 0 bridgehead atoms. The van der Waals surface area contributed by atoms with Gasteiger partial charge in [0.25, 0.3) is 5.91 Å². The molecule has 1 aliphatic rings. The van der Waals surface area contributed by atoms with Crippen LogP contribution in [0.3, 0.4) is 0 Å². The molecule has 3 atom stereocenters. The number of carbonyl (C=O) groups excluding carboxylic acids is 3. The van der Waals surface area contributed by atoms with Gasteiger partial charge in [-0.2, -0.15) is 0 Å². The topological polar surface area (TPSA) is 147 Å². The molecule has 47 heavy (non-hydrogen) atoms. The Kier molecular flexibility index (Phi) is 10.1. The number of rotatable bonds is 10. The van der Waals surface area contributed by atoms with Crippen molar-refractivity contribution < 1.29 is 28.6 Å². The number of ether oxygens (including phenoxy) is 1. The van der Waals surface area contributed by atoms with Gasteiger partial charge in [0.15, 0.2) is 0 Å². The van der Waals surface area contributed by atoms with E-state index in [2.05, 4.69) is 20.6 Å². The average Bonchev–Trinajstić information content (AvgIpc) is 3.81. The molecular weight excluding hydrogens is 618 g/mol. The van der Waals surface area contributed by atoms with E-state index in [-0.39, 0.29) is 24.9 Å². The zero-order chi connectivity index (χ0) is 33.8. The Morgan fingerprint density at radius 3 is 2.57 bits per heavy atom. The zero-order valence-corrected chi connectivity index (χ0v) is 28.1. The summed E-state index contributed by atoms with van der Waals surface area (Å²) in [5.74, 6) is -0.407. The van der Waals surface area contributed by atoms with Crippen molar-refractivity contribution in [3.63, 3.8) is 0 Å². The fourth-order valence-corrected chi connectivity index (χ4v) is 6.57. The lowest BCUT2D eigenvalue weighted by molar-refractivity contribution is -0.127. The number of aryl methyl sites for hydroxylation is 1. The molecule has 2 aromatic heterocycles. The molecular formula is C35H41N5O6S. The Labute approximate surface area is 278 Å². The van der Waals surface area contributed by atoms with Crippen LogP contribution in [0.15, 0.2) is 70.8 Å². The molecule has 5 rings (SSSR count). The van der Waals surface area contributed by atoms with Crippen LogP contribution in [-0.2, 0) is 16.0 Å². The number of amides is 3. The van der Waals surface area contributed by atoms with E-state index in [1.54, 1.807) is 57.2 Å². The van der Waals surface area contributed by atoms with E-state index in [0.29, 0.717) is 29.1 Å². The summed E-state index contributed by atoms with van der Waals surface area (Å²) in [4.78, 5) is 51.1. The summed E-state index contributed by atoms with van der Waals surface area (Å²) in [5, 5.41) is 19.8. The minimum atomic E-state index is -1.40. The first-order chi connectivity index (χ1) is 22.3. The number of oxazole rings is 1. The predicted molar refractivity (Wildman–Crippen MR) is 178 cm³/mol. The number of aromatic nitrogens is 2. The van der Waals surface area contributed by atoms with Crippen LogP contribution < -0.4 is 10.6 Å². The highest BCUT2D eigenvalue weighted by molar-refractivity contribution is 7.09. The summed E-state index contributed by atoms with van der Waals surface area (Å²) in [6.45, 7) is 9.18. The molecule has 248 valence electrons. The maximum Gasteiger partial charge on any atom is 0.408 e. The van der Waals surface area contributed by atoms with E-state index in [1.165, 1.54) is 12.5 Å². The number of carbonyl (C=O) groups is 3. The summed E-state index contributed by atoms with van der Waals surface area (Å²) < 4.78 is 11.0. The summed E-state index contributed by atoms with van der Waals surface area (Å²) in [5.41, 5.74) is 0.866. The molecule has 12 heteroatoms. The third-order valence-corrected chi connectivity index (χ3v) is 8.90. The Morgan fingerprint density at radius 1 is 1.15 bits per heavy atom. The smallest absolute Gasteiger partial charge is 0.408 e. The first-order valence-corrected chi connectivity index (χ1v) is 16.5. The maximum atomic E-state index is 14.0. The van der Waals surface area contributed by atoms with Gasteiger partial charge in [-0.05, 0) is 76.8 Å². The van der Waals surface area contributed by atoms with Gasteiger partial charge in [0, 0.05) is 41.7 Å². The molecule has 11 nitrogen and oxygen atoms in total. The summed E-state index contributed by atoms with van der Waals surface area (Å²) in [6, 6.07) is 14.2. The third kappa shape index (κ3) is 8.44. The second kappa shape index (κ2) is 14.1. The van der Waals surface area contributed by atoms with Gasteiger partial charge < -0.3 is 29.8 Å². The number of aliphatic hydroxyl groups excluding tert-OH is 1. The molecule has 3 heterocycles. The quantitative estimate of drug-likeness (QED) is 0.195. The average molecular weight is 660 g/mol. The zero-order valence-electron chi connectivity index (χ0n) is 27.3. The normalized spacial score (nSPS) is 16.7. The highest BCUT2D eigenvalue weighted by Gasteiger charge is 2.37. The van der Waals surface area contributed by atoms with E-state index in [9.17, 15) is 19.5 Å². The lowest BCUT2D eigenvalue weighted by Crippen LogP contribution is -2.59. The number of nitrogens with one attached hydrogen (secondary N) is 2. The fraction of sp³-hybridized carbons (Fsp3) is 0.400. The Bertz CT molecular complexity index is 1700. The SMILES string of the molecule is Cc1csc(C2CCCN2C(=O)c2cc(-c3ncco3)cc(C(O)CNC(=O)C(C)(Cc3ccccc3)NC(=O)OC(C)(C)C)c2)n1. The maximum absolute atomic E-state index is 14.0. The molecule has 0 spiro atoms. The number of nitrogens with zero attached hydrogens (tertiary/aromatic N) is 3. The molecule has 2 aromatic carbocycles. The number of aliphatic hydroxyl groups is 1. The van der Waals surface area contributed by atoms with Crippen LogP contribution in [0.5, 0.6) is 0 Å². The molecule has 4 aromatic rings. The van der Waals surface area contributed by atoms with Crippen LogP contribution >= 0.6 is 11.3 Å². The van der Waals surface area contributed by atoms with Crippen molar-refractivity contribution in [2.45, 2.75) is 77.2 Å². The van der Waals surface area contributed by atoms with Crippen LogP contribution in [0.2, 0.25) is 0 Å². The molecule has 1 saturated heterocycles. The first kappa shape index (κ1) is 33.8. The Hall–Kier alpha value is -4.55. The van der Waals surface area contributed by atoms with Gasteiger partial charge >= 0.3 is 6.09 Å². The second-order valence-electron chi connectivity index (χ2n) is 13.0.